The Hall–Kier alpha value is -4.55. The molecule has 0 aliphatic carbocycles. The summed E-state index contributed by atoms with van der Waals surface area (Å²) in [5.41, 5.74) is 3.87. The number of urea groups is 1. The predicted octanol–water partition coefficient (Wildman–Crippen LogP) is 5.99. The standard InChI is InChI=1S/C28H30N6O3/c1-3-15-36-16-7-14-30-28(35)33-25-19-34-27(20(25)2)26(21(17-29)18-31-34)32-22-10-12-24(13-11-22)37-23-8-5-4-6-9-23/h4-6,8-13,18-19,32H,3,7,14-16H2,1-2H3,(H2,30,33,35). The number of fused-ring (bicyclic) bond motifs is 1. The fourth-order valence-corrected chi connectivity index (χ4v) is 3.79. The first-order valence-electron chi connectivity index (χ1n) is 12.2. The second-order valence-corrected chi connectivity index (χ2v) is 8.42. The number of nitriles is 1. The maximum atomic E-state index is 12.4. The average Bonchev–Trinajstić information content (AvgIpc) is 3.23. The maximum absolute atomic E-state index is 12.4. The summed E-state index contributed by atoms with van der Waals surface area (Å²) in [5.74, 6) is 1.45. The number of benzene rings is 2. The van der Waals surface area contributed by atoms with Crippen LogP contribution < -0.4 is 20.7 Å². The largest absolute Gasteiger partial charge is 0.457 e. The van der Waals surface area contributed by atoms with Gasteiger partial charge in [0.15, 0.2) is 0 Å². The van der Waals surface area contributed by atoms with E-state index >= 15 is 0 Å². The summed E-state index contributed by atoms with van der Waals surface area (Å²) in [7, 11) is 0. The third-order valence-corrected chi connectivity index (χ3v) is 5.63. The highest BCUT2D eigenvalue weighted by molar-refractivity contribution is 5.94. The summed E-state index contributed by atoms with van der Waals surface area (Å²) in [5, 5.41) is 23.2. The summed E-state index contributed by atoms with van der Waals surface area (Å²) >= 11 is 0. The molecule has 2 aromatic carbocycles. The van der Waals surface area contributed by atoms with E-state index < -0.39 is 0 Å². The Morgan fingerprint density at radius 3 is 2.57 bits per heavy atom. The lowest BCUT2D eigenvalue weighted by atomic mass is 10.1. The molecule has 0 fully saturated rings. The zero-order valence-electron chi connectivity index (χ0n) is 21.0. The number of ether oxygens (including phenoxy) is 2. The molecule has 3 N–H and O–H groups in total. The van der Waals surface area contributed by atoms with Crippen LogP contribution in [-0.2, 0) is 4.74 Å². The number of carbonyl (C=O) groups is 1. The number of nitrogens with one attached hydrogen (secondary N) is 3. The molecule has 0 aliphatic heterocycles. The van der Waals surface area contributed by atoms with Gasteiger partial charge in [-0.15, -0.1) is 0 Å². The van der Waals surface area contributed by atoms with Crippen LogP contribution in [0.3, 0.4) is 0 Å². The molecule has 4 aromatic rings. The average molecular weight is 499 g/mol. The monoisotopic (exact) mass is 498 g/mol. The molecule has 0 atom stereocenters. The number of anilines is 3. The Balaban J connectivity index is 1.48. The molecular weight excluding hydrogens is 468 g/mol. The molecule has 9 heteroatoms. The summed E-state index contributed by atoms with van der Waals surface area (Å²) < 4.78 is 13.0. The first-order chi connectivity index (χ1) is 18.1. The highest BCUT2D eigenvalue weighted by atomic mass is 16.5. The Labute approximate surface area is 216 Å². The number of nitrogens with zero attached hydrogens (tertiary/aromatic N) is 3. The molecule has 0 radical (unpaired) electrons. The summed E-state index contributed by atoms with van der Waals surface area (Å²) in [6.07, 6.45) is 4.95. The lowest BCUT2D eigenvalue weighted by molar-refractivity contribution is 0.132. The van der Waals surface area contributed by atoms with E-state index in [1.165, 1.54) is 6.20 Å². The van der Waals surface area contributed by atoms with Crippen molar-refractivity contribution in [1.29, 1.82) is 5.26 Å². The molecule has 0 saturated carbocycles. The Kier molecular flexibility index (Phi) is 8.57. The molecule has 37 heavy (non-hydrogen) atoms. The van der Waals surface area contributed by atoms with Crippen molar-refractivity contribution in [1.82, 2.24) is 14.9 Å². The Bertz CT molecular complexity index is 1380. The SMILES string of the molecule is CCCOCCCNC(=O)Nc1cn2ncc(C#N)c(Nc3ccc(Oc4ccccc4)cc3)c2c1C. The van der Waals surface area contributed by atoms with Crippen molar-refractivity contribution in [3.63, 3.8) is 0 Å². The Morgan fingerprint density at radius 2 is 1.84 bits per heavy atom. The smallest absolute Gasteiger partial charge is 0.319 e. The molecule has 0 aliphatic rings. The van der Waals surface area contributed by atoms with Gasteiger partial charge < -0.3 is 25.4 Å². The van der Waals surface area contributed by atoms with E-state index in [1.807, 2.05) is 61.5 Å². The van der Waals surface area contributed by atoms with E-state index in [-0.39, 0.29) is 6.03 Å². The van der Waals surface area contributed by atoms with Gasteiger partial charge in [-0.25, -0.2) is 9.31 Å². The molecule has 190 valence electrons. The fourth-order valence-electron chi connectivity index (χ4n) is 3.79. The van der Waals surface area contributed by atoms with Gasteiger partial charge in [0.05, 0.1) is 34.8 Å². The van der Waals surface area contributed by atoms with Gasteiger partial charge in [0.25, 0.3) is 0 Å². The van der Waals surface area contributed by atoms with Crippen LogP contribution in [0.5, 0.6) is 11.5 Å². The van der Waals surface area contributed by atoms with Crippen LogP contribution in [-0.4, -0.2) is 35.4 Å². The van der Waals surface area contributed by atoms with E-state index in [0.29, 0.717) is 41.4 Å². The molecule has 9 nitrogen and oxygen atoms in total. The normalized spacial score (nSPS) is 10.6. The topological polar surface area (TPSA) is 113 Å². The minimum atomic E-state index is -0.307. The summed E-state index contributed by atoms with van der Waals surface area (Å²) in [4.78, 5) is 12.4. The van der Waals surface area contributed by atoms with Crippen LogP contribution in [0, 0.1) is 18.3 Å². The van der Waals surface area contributed by atoms with Gasteiger partial charge in [-0.1, -0.05) is 25.1 Å². The van der Waals surface area contributed by atoms with Crippen LogP contribution in [0.4, 0.5) is 21.9 Å². The molecule has 2 heterocycles. The number of aryl methyl sites for hydroxylation is 1. The van der Waals surface area contributed by atoms with E-state index in [9.17, 15) is 10.1 Å². The highest BCUT2D eigenvalue weighted by Crippen LogP contribution is 2.33. The summed E-state index contributed by atoms with van der Waals surface area (Å²) in [6.45, 7) is 5.79. The third-order valence-electron chi connectivity index (χ3n) is 5.63. The van der Waals surface area contributed by atoms with E-state index in [4.69, 9.17) is 9.47 Å². The second kappa shape index (κ2) is 12.4. The van der Waals surface area contributed by atoms with Crippen molar-refractivity contribution >= 4 is 28.6 Å². The molecule has 4 rings (SSSR count). The van der Waals surface area contributed by atoms with Crippen LogP contribution in [0.15, 0.2) is 67.0 Å². The van der Waals surface area contributed by atoms with Crippen molar-refractivity contribution in [3.05, 3.63) is 78.1 Å². The molecule has 0 spiro atoms. The van der Waals surface area contributed by atoms with Crippen molar-refractivity contribution in [2.75, 3.05) is 30.4 Å². The van der Waals surface area contributed by atoms with Gasteiger partial charge in [-0.2, -0.15) is 10.4 Å². The van der Waals surface area contributed by atoms with Crippen LogP contribution in [0.25, 0.3) is 5.52 Å². The van der Waals surface area contributed by atoms with Gasteiger partial charge in [-0.05, 0) is 56.2 Å². The molecule has 2 amide bonds. The zero-order chi connectivity index (χ0) is 26.0. The number of carbonyl (C=O) groups excluding carboxylic acids is 1. The van der Waals surface area contributed by atoms with E-state index in [2.05, 4.69) is 34.0 Å². The predicted molar refractivity (Wildman–Crippen MR) is 144 cm³/mol. The number of hydrogen-bond acceptors (Lipinski definition) is 6. The minimum Gasteiger partial charge on any atom is -0.457 e. The van der Waals surface area contributed by atoms with Crippen molar-refractivity contribution in [2.45, 2.75) is 26.7 Å². The van der Waals surface area contributed by atoms with Gasteiger partial charge in [-0.3, -0.25) is 0 Å². The molecular formula is C28H30N6O3. The number of rotatable bonds is 11. The molecule has 0 bridgehead atoms. The number of para-hydroxylation sites is 1. The van der Waals surface area contributed by atoms with Gasteiger partial charge >= 0.3 is 6.03 Å². The zero-order valence-corrected chi connectivity index (χ0v) is 21.0. The quantitative estimate of drug-likeness (QED) is 0.219. The van der Waals surface area contributed by atoms with Crippen molar-refractivity contribution in [2.24, 2.45) is 0 Å². The fraction of sp³-hybridized carbons (Fsp3) is 0.250. The van der Waals surface area contributed by atoms with Crippen molar-refractivity contribution in [3.8, 4) is 17.6 Å². The van der Waals surface area contributed by atoms with Crippen molar-refractivity contribution < 1.29 is 14.3 Å². The number of amides is 2. The lowest BCUT2D eigenvalue weighted by Crippen LogP contribution is -2.30. The number of aromatic nitrogens is 2. The highest BCUT2D eigenvalue weighted by Gasteiger charge is 2.17. The maximum Gasteiger partial charge on any atom is 0.319 e. The first kappa shape index (κ1) is 25.5. The van der Waals surface area contributed by atoms with Crippen LogP contribution in [0.1, 0.15) is 30.9 Å². The third kappa shape index (κ3) is 6.57. The van der Waals surface area contributed by atoms with Crippen LogP contribution in [0.2, 0.25) is 0 Å². The molecule has 2 aromatic heterocycles. The Morgan fingerprint density at radius 1 is 1.08 bits per heavy atom. The minimum absolute atomic E-state index is 0.307. The molecule has 0 saturated heterocycles. The lowest BCUT2D eigenvalue weighted by Gasteiger charge is -2.12. The van der Waals surface area contributed by atoms with E-state index in [0.717, 1.165) is 36.4 Å². The van der Waals surface area contributed by atoms with Gasteiger partial charge in [0.1, 0.15) is 17.6 Å². The number of hydrogen-bond donors (Lipinski definition) is 3. The van der Waals surface area contributed by atoms with E-state index in [1.54, 1.807) is 10.7 Å². The second-order valence-electron chi connectivity index (χ2n) is 8.42. The van der Waals surface area contributed by atoms with Gasteiger partial charge in [0.2, 0.25) is 0 Å². The van der Waals surface area contributed by atoms with Crippen LogP contribution >= 0.6 is 0 Å². The summed E-state index contributed by atoms with van der Waals surface area (Å²) in [6, 6.07) is 18.9. The molecule has 0 unspecified atom stereocenters. The van der Waals surface area contributed by atoms with Gasteiger partial charge in [0, 0.05) is 31.0 Å². The first-order valence-corrected chi connectivity index (χ1v) is 12.2.